The molecule has 0 aliphatic carbocycles. The molecule has 2 aromatic rings. The highest BCUT2D eigenvalue weighted by atomic mass is 32.2. The van der Waals surface area contributed by atoms with Crippen LogP contribution >= 0.6 is 0 Å². The molecule has 0 saturated heterocycles. The number of aromatic nitrogens is 1. The molecule has 2 rings (SSSR count). The molecule has 1 heterocycles. The van der Waals surface area contributed by atoms with Gasteiger partial charge in [-0.15, -0.1) is 0 Å². The van der Waals surface area contributed by atoms with Crippen LogP contribution in [-0.4, -0.2) is 20.4 Å². The molecule has 1 N–H and O–H groups in total. The number of benzene rings is 1. The quantitative estimate of drug-likeness (QED) is 0.812. The van der Waals surface area contributed by atoms with Crippen molar-refractivity contribution in [3.05, 3.63) is 48.3 Å². The number of hydrogen-bond donors (Lipinski definition) is 2. The topological polar surface area (TPSA) is 68.3 Å². The second-order valence-corrected chi connectivity index (χ2v) is 4.86. The van der Waals surface area contributed by atoms with Crippen LogP contribution in [0.15, 0.2) is 47.6 Å². The zero-order valence-electron chi connectivity index (χ0n) is 10.4. The van der Waals surface area contributed by atoms with Gasteiger partial charge in [-0.25, -0.2) is 8.42 Å². The maximum atomic E-state index is 11.1. The van der Waals surface area contributed by atoms with E-state index in [0.717, 1.165) is 0 Å². The van der Waals surface area contributed by atoms with E-state index >= 15 is 0 Å². The summed E-state index contributed by atoms with van der Waals surface area (Å²) in [7, 11) is -0.847. The van der Waals surface area contributed by atoms with Gasteiger partial charge in [-0.2, -0.15) is 0 Å². The molecule has 6 heteroatoms. The van der Waals surface area contributed by atoms with E-state index < -0.39 is 10.7 Å². The largest absolute Gasteiger partial charge is 0.456 e. The number of hydrogen-bond acceptors (Lipinski definition) is 5. The first-order chi connectivity index (χ1) is 9.20. The van der Waals surface area contributed by atoms with Crippen LogP contribution in [0.1, 0.15) is 5.56 Å². The molecule has 0 spiro atoms. The Balaban J connectivity index is 2.30. The average molecular weight is 278 g/mol. The number of pyridine rings is 1. The maximum Gasteiger partial charge on any atom is 0.168 e. The summed E-state index contributed by atoms with van der Waals surface area (Å²) in [6, 6.07) is 8.44. The number of rotatable bonds is 5. The van der Waals surface area contributed by atoms with Gasteiger partial charge in [-0.3, -0.25) is 4.98 Å². The Morgan fingerprint density at radius 3 is 2.74 bits per heavy atom. The highest BCUT2D eigenvalue weighted by molar-refractivity contribution is 7.72. The summed E-state index contributed by atoms with van der Waals surface area (Å²) in [4.78, 5) is 4.26. The number of nitrogens with one attached hydrogen (secondary N) is 1. The van der Waals surface area contributed by atoms with E-state index in [4.69, 9.17) is 4.74 Å². The van der Waals surface area contributed by atoms with Crippen molar-refractivity contribution in [2.45, 2.75) is 11.4 Å². The third kappa shape index (κ3) is 3.52. The summed E-state index contributed by atoms with van der Waals surface area (Å²) < 4.78 is 27.9. The maximum absolute atomic E-state index is 11.1. The van der Waals surface area contributed by atoms with Gasteiger partial charge in [-0.1, -0.05) is 0 Å². The van der Waals surface area contributed by atoms with Crippen LogP contribution < -0.4 is 10.1 Å². The van der Waals surface area contributed by atoms with Crippen LogP contribution in [0.2, 0.25) is 0 Å². The van der Waals surface area contributed by atoms with Crippen molar-refractivity contribution in [3.63, 3.8) is 0 Å². The van der Waals surface area contributed by atoms with E-state index in [1.807, 2.05) is 0 Å². The number of thiol groups is 1. The monoisotopic (exact) mass is 278 g/mol. The van der Waals surface area contributed by atoms with Crippen molar-refractivity contribution in [1.82, 2.24) is 10.3 Å². The van der Waals surface area contributed by atoms with Crippen LogP contribution in [0.3, 0.4) is 0 Å². The van der Waals surface area contributed by atoms with Crippen LogP contribution in [0.4, 0.5) is 0 Å². The molecule has 0 amide bonds. The van der Waals surface area contributed by atoms with Gasteiger partial charge >= 0.3 is 0 Å². The lowest BCUT2D eigenvalue weighted by molar-refractivity contribution is 0.478. The number of nitrogens with zero attached hydrogens (tertiary/aromatic N) is 1. The van der Waals surface area contributed by atoms with Gasteiger partial charge in [0.1, 0.15) is 11.5 Å². The molecule has 19 heavy (non-hydrogen) atoms. The number of ether oxygens (including phenoxy) is 1. The minimum Gasteiger partial charge on any atom is -0.456 e. The molecule has 0 bridgehead atoms. The van der Waals surface area contributed by atoms with E-state index in [9.17, 15) is 8.42 Å². The Bertz CT molecular complexity index is 619. The van der Waals surface area contributed by atoms with Crippen molar-refractivity contribution in [2.75, 3.05) is 7.05 Å². The normalized spacial score (nSPS) is 10.6. The molecule has 1 aromatic heterocycles. The Morgan fingerprint density at radius 1 is 1.26 bits per heavy atom. The van der Waals surface area contributed by atoms with E-state index in [0.29, 0.717) is 28.5 Å². The predicted molar refractivity (Wildman–Crippen MR) is 72.1 cm³/mol. The second-order valence-electron chi connectivity index (χ2n) is 3.87. The molecular weight excluding hydrogens is 264 g/mol. The Labute approximate surface area is 113 Å². The fraction of sp³-hybridized carbons (Fsp3) is 0.154. The minimum absolute atomic E-state index is 0.308. The lowest BCUT2D eigenvalue weighted by atomic mass is 10.2. The van der Waals surface area contributed by atoms with Crippen molar-refractivity contribution in [2.24, 2.45) is 0 Å². The van der Waals surface area contributed by atoms with Crippen LogP contribution in [0, 0.1) is 0 Å². The Morgan fingerprint density at radius 2 is 2.11 bits per heavy atom. The first kappa shape index (κ1) is 13.5. The van der Waals surface area contributed by atoms with Gasteiger partial charge in [0.25, 0.3) is 0 Å². The van der Waals surface area contributed by atoms with Gasteiger partial charge in [0.2, 0.25) is 0 Å². The summed E-state index contributed by atoms with van der Waals surface area (Å²) in [6.45, 7) is 0.461. The van der Waals surface area contributed by atoms with E-state index in [1.54, 1.807) is 49.8 Å². The average Bonchev–Trinajstić information content (AvgIpc) is 2.40. The van der Waals surface area contributed by atoms with Gasteiger partial charge in [0.15, 0.2) is 10.7 Å². The first-order valence-corrected chi connectivity index (χ1v) is 6.88. The van der Waals surface area contributed by atoms with Crippen LogP contribution in [0.25, 0.3) is 0 Å². The molecule has 0 fully saturated rings. The fourth-order valence-corrected chi connectivity index (χ4v) is 2.25. The molecule has 5 nitrogen and oxygen atoms in total. The SMILES string of the molecule is CNCc1cc(Oc2cccnc2)ccc1[SH](=O)=O. The summed E-state index contributed by atoms with van der Waals surface area (Å²) in [5, 5.41) is 2.94. The zero-order valence-corrected chi connectivity index (χ0v) is 11.3. The minimum atomic E-state index is -2.61. The lowest BCUT2D eigenvalue weighted by Crippen LogP contribution is -2.07. The predicted octanol–water partition coefficient (Wildman–Crippen LogP) is 1.56. The van der Waals surface area contributed by atoms with E-state index in [2.05, 4.69) is 10.3 Å². The molecule has 0 saturated carbocycles. The van der Waals surface area contributed by atoms with Crippen LogP contribution in [-0.2, 0) is 17.2 Å². The van der Waals surface area contributed by atoms with Crippen molar-refractivity contribution >= 4 is 10.7 Å². The molecule has 0 unspecified atom stereocenters. The third-order valence-electron chi connectivity index (χ3n) is 2.48. The molecule has 100 valence electrons. The Hall–Kier alpha value is -1.92. The summed E-state index contributed by atoms with van der Waals surface area (Å²) in [6.07, 6.45) is 3.25. The van der Waals surface area contributed by atoms with Crippen molar-refractivity contribution < 1.29 is 13.2 Å². The molecular formula is C13H14N2O3S. The highest BCUT2D eigenvalue weighted by Crippen LogP contribution is 2.24. The summed E-state index contributed by atoms with van der Waals surface area (Å²) in [5.41, 5.74) is 0.681. The summed E-state index contributed by atoms with van der Waals surface area (Å²) in [5.74, 6) is 1.19. The molecule has 0 atom stereocenters. The summed E-state index contributed by atoms with van der Waals surface area (Å²) >= 11 is 0. The van der Waals surface area contributed by atoms with Gasteiger partial charge in [0, 0.05) is 12.7 Å². The molecule has 0 aliphatic rings. The van der Waals surface area contributed by atoms with E-state index in [1.165, 1.54) is 0 Å². The third-order valence-corrected chi connectivity index (χ3v) is 3.31. The molecule has 0 radical (unpaired) electrons. The van der Waals surface area contributed by atoms with Crippen molar-refractivity contribution in [1.29, 1.82) is 0 Å². The Kier molecular flexibility index (Phi) is 4.48. The second kappa shape index (κ2) is 6.31. The van der Waals surface area contributed by atoms with Crippen LogP contribution in [0.5, 0.6) is 11.5 Å². The van der Waals surface area contributed by atoms with E-state index in [-0.39, 0.29) is 0 Å². The zero-order chi connectivity index (χ0) is 13.7. The first-order valence-electron chi connectivity index (χ1n) is 5.70. The lowest BCUT2D eigenvalue weighted by Gasteiger charge is -2.09. The molecule has 0 aliphatic heterocycles. The standard InChI is InChI=1S/C13H14N2O3S/c1-14-8-10-7-11(4-5-13(10)19(16)17)18-12-3-2-6-15-9-12/h2-7,9,14,19H,8H2,1H3. The van der Waals surface area contributed by atoms with Gasteiger partial charge in [-0.05, 0) is 42.9 Å². The smallest absolute Gasteiger partial charge is 0.168 e. The van der Waals surface area contributed by atoms with Gasteiger partial charge in [0.05, 0.1) is 11.1 Å². The van der Waals surface area contributed by atoms with Crippen molar-refractivity contribution in [3.8, 4) is 11.5 Å². The van der Waals surface area contributed by atoms with Gasteiger partial charge < -0.3 is 10.1 Å². The molecule has 1 aromatic carbocycles. The fourth-order valence-electron chi connectivity index (χ4n) is 1.68. The highest BCUT2D eigenvalue weighted by Gasteiger charge is 2.07.